The van der Waals surface area contributed by atoms with Crippen LogP contribution in [0.2, 0.25) is 0 Å². The number of rotatable bonds is 8. The normalized spacial score (nSPS) is 16.1. The van der Waals surface area contributed by atoms with Crippen molar-refractivity contribution in [2.45, 2.75) is 32.0 Å². The topological polar surface area (TPSA) is 48.9 Å². The van der Waals surface area contributed by atoms with E-state index in [4.69, 9.17) is 4.74 Å². The molecule has 164 valence electrons. The second-order valence-corrected chi connectivity index (χ2v) is 6.61. The van der Waals surface area contributed by atoms with Crippen LogP contribution in [0.1, 0.15) is 25.3 Å². The van der Waals surface area contributed by atoms with Gasteiger partial charge < -0.3 is 15.4 Å². The van der Waals surface area contributed by atoms with E-state index in [9.17, 15) is 13.2 Å². The molecule has 1 aliphatic heterocycles. The summed E-state index contributed by atoms with van der Waals surface area (Å²) in [6, 6.07) is 5.54. The second-order valence-electron chi connectivity index (χ2n) is 6.61. The number of nitrogens with one attached hydrogen (secondary N) is 2. The van der Waals surface area contributed by atoms with Gasteiger partial charge in [0.05, 0.1) is 12.1 Å². The van der Waals surface area contributed by atoms with Gasteiger partial charge in [-0.25, -0.2) is 4.99 Å². The average Bonchev–Trinajstić information content (AvgIpc) is 2.66. The van der Waals surface area contributed by atoms with Crippen LogP contribution in [0.25, 0.3) is 0 Å². The zero-order valence-electron chi connectivity index (χ0n) is 16.7. The molecule has 0 bridgehead atoms. The fourth-order valence-corrected chi connectivity index (χ4v) is 3.10. The highest BCUT2D eigenvalue weighted by atomic mass is 127. The number of aliphatic imine (C=N–C) groups is 1. The van der Waals surface area contributed by atoms with Gasteiger partial charge in [0.25, 0.3) is 0 Å². The lowest BCUT2D eigenvalue weighted by molar-refractivity contribution is -0.138. The van der Waals surface area contributed by atoms with Crippen molar-refractivity contribution in [1.82, 2.24) is 15.5 Å². The number of nitrogens with zero attached hydrogens (tertiary/aromatic N) is 2. The summed E-state index contributed by atoms with van der Waals surface area (Å²) in [5.74, 6) is 0.495. The Kier molecular flexibility index (Phi) is 11.4. The van der Waals surface area contributed by atoms with E-state index in [0.29, 0.717) is 18.5 Å². The molecule has 29 heavy (non-hydrogen) atoms. The van der Waals surface area contributed by atoms with Crippen molar-refractivity contribution in [2.24, 2.45) is 4.99 Å². The molecule has 0 aromatic heterocycles. The SMILES string of the molecule is C=CCN1CCC(NC(=NCCOc2ccccc2C(F)(F)F)NCC)CC1.I. The number of guanidine groups is 1. The molecule has 0 radical (unpaired) electrons. The number of piperidine rings is 1. The van der Waals surface area contributed by atoms with Crippen molar-refractivity contribution in [1.29, 1.82) is 0 Å². The lowest BCUT2D eigenvalue weighted by atomic mass is 10.1. The third-order valence-electron chi connectivity index (χ3n) is 4.47. The van der Waals surface area contributed by atoms with Crippen LogP contribution in [-0.4, -0.2) is 56.2 Å². The summed E-state index contributed by atoms with van der Waals surface area (Å²) in [5, 5.41) is 6.58. The molecule has 1 aromatic rings. The Morgan fingerprint density at radius 1 is 1.31 bits per heavy atom. The molecule has 1 aromatic carbocycles. The van der Waals surface area contributed by atoms with E-state index < -0.39 is 11.7 Å². The van der Waals surface area contributed by atoms with Crippen molar-refractivity contribution in [2.75, 3.05) is 39.3 Å². The van der Waals surface area contributed by atoms with Crippen LogP contribution in [0.5, 0.6) is 5.75 Å². The average molecular weight is 526 g/mol. The van der Waals surface area contributed by atoms with E-state index in [1.54, 1.807) is 0 Å². The Bertz CT molecular complexity index is 647. The van der Waals surface area contributed by atoms with Gasteiger partial charge in [-0.3, -0.25) is 4.90 Å². The monoisotopic (exact) mass is 526 g/mol. The van der Waals surface area contributed by atoms with E-state index in [1.807, 2.05) is 13.0 Å². The molecule has 0 aliphatic carbocycles. The molecule has 1 aliphatic rings. The highest BCUT2D eigenvalue weighted by molar-refractivity contribution is 14.0. The van der Waals surface area contributed by atoms with Crippen molar-refractivity contribution in [3.05, 3.63) is 42.5 Å². The quantitative estimate of drug-likeness (QED) is 0.177. The van der Waals surface area contributed by atoms with Gasteiger partial charge in [0, 0.05) is 32.2 Å². The first-order valence-corrected chi connectivity index (χ1v) is 9.61. The standard InChI is InChI=1S/C20H29F3N4O.HI/c1-3-12-27-13-9-16(10-14-27)26-19(24-4-2)25-11-15-28-18-8-6-5-7-17(18)20(21,22)23;/h3,5-8,16H,1,4,9-15H2,2H3,(H2,24,25,26);1H. The molecule has 1 heterocycles. The van der Waals surface area contributed by atoms with E-state index in [0.717, 1.165) is 38.5 Å². The summed E-state index contributed by atoms with van der Waals surface area (Å²) < 4.78 is 44.3. The summed E-state index contributed by atoms with van der Waals surface area (Å²) in [5.41, 5.74) is -0.768. The highest BCUT2D eigenvalue weighted by Gasteiger charge is 2.33. The molecule has 0 saturated carbocycles. The van der Waals surface area contributed by atoms with Crippen LogP contribution >= 0.6 is 24.0 Å². The van der Waals surface area contributed by atoms with Crippen LogP contribution < -0.4 is 15.4 Å². The summed E-state index contributed by atoms with van der Waals surface area (Å²) in [7, 11) is 0. The van der Waals surface area contributed by atoms with Crippen molar-refractivity contribution >= 4 is 29.9 Å². The highest BCUT2D eigenvalue weighted by Crippen LogP contribution is 2.35. The van der Waals surface area contributed by atoms with Gasteiger partial charge in [0.2, 0.25) is 0 Å². The Balaban J connectivity index is 0.00000420. The molecular weight excluding hydrogens is 496 g/mol. The lowest BCUT2D eigenvalue weighted by Crippen LogP contribution is -2.48. The van der Waals surface area contributed by atoms with Gasteiger partial charge in [-0.15, -0.1) is 30.6 Å². The number of likely N-dealkylation sites (tertiary alicyclic amines) is 1. The van der Waals surface area contributed by atoms with Gasteiger partial charge >= 0.3 is 6.18 Å². The predicted octanol–water partition coefficient (Wildman–Crippen LogP) is 3.91. The molecule has 0 unspecified atom stereocenters. The second kappa shape index (κ2) is 12.9. The molecule has 0 atom stereocenters. The smallest absolute Gasteiger partial charge is 0.419 e. The lowest BCUT2D eigenvalue weighted by Gasteiger charge is -2.32. The van der Waals surface area contributed by atoms with Crippen LogP contribution in [0, 0.1) is 0 Å². The molecule has 2 rings (SSSR count). The Morgan fingerprint density at radius 2 is 2.00 bits per heavy atom. The first-order chi connectivity index (χ1) is 13.4. The van der Waals surface area contributed by atoms with Crippen LogP contribution in [0.4, 0.5) is 13.2 Å². The first kappa shape index (κ1) is 25.5. The number of alkyl halides is 3. The molecule has 0 amide bonds. The third-order valence-corrected chi connectivity index (χ3v) is 4.47. The van der Waals surface area contributed by atoms with Gasteiger partial charge in [0.1, 0.15) is 12.4 Å². The minimum Gasteiger partial charge on any atom is -0.491 e. The zero-order chi connectivity index (χ0) is 20.4. The molecule has 0 spiro atoms. The fraction of sp³-hybridized carbons (Fsp3) is 0.550. The molecule has 1 fully saturated rings. The molecule has 1 saturated heterocycles. The predicted molar refractivity (Wildman–Crippen MR) is 121 cm³/mol. The maximum absolute atomic E-state index is 13.0. The number of para-hydroxylation sites is 1. The summed E-state index contributed by atoms with van der Waals surface area (Å²) in [6.45, 7) is 9.68. The van der Waals surface area contributed by atoms with Crippen LogP contribution in [-0.2, 0) is 6.18 Å². The maximum atomic E-state index is 13.0. The Morgan fingerprint density at radius 3 is 2.62 bits per heavy atom. The van der Waals surface area contributed by atoms with Crippen molar-refractivity contribution in [3.8, 4) is 5.75 Å². The van der Waals surface area contributed by atoms with E-state index >= 15 is 0 Å². The zero-order valence-corrected chi connectivity index (χ0v) is 19.0. The molecule has 5 nitrogen and oxygen atoms in total. The largest absolute Gasteiger partial charge is 0.491 e. The van der Waals surface area contributed by atoms with Crippen LogP contribution in [0.15, 0.2) is 41.9 Å². The number of halogens is 4. The summed E-state index contributed by atoms with van der Waals surface area (Å²) in [6.07, 6.45) is -0.506. The van der Waals surface area contributed by atoms with Gasteiger partial charge in [-0.2, -0.15) is 13.2 Å². The number of benzene rings is 1. The van der Waals surface area contributed by atoms with Crippen LogP contribution in [0.3, 0.4) is 0 Å². The van der Waals surface area contributed by atoms with Crippen molar-refractivity contribution in [3.63, 3.8) is 0 Å². The Hall–Kier alpha value is -1.49. The minimum absolute atomic E-state index is 0. The van der Waals surface area contributed by atoms with E-state index in [-0.39, 0.29) is 42.9 Å². The Labute approximate surface area is 187 Å². The van der Waals surface area contributed by atoms with E-state index in [2.05, 4.69) is 27.1 Å². The number of hydrogen-bond donors (Lipinski definition) is 2. The molecule has 9 heteroatoms. The third kappa shape index (κ3) is 8.81. The minimum atomic E-state index is -4.43. The summed E-state index contributed by atoms with van der Waals surface area (Å²) >= 11 is 0. The maximum Gasteiger partial charge on any atom is 0.419 e. The number of hydrogen-bond acceptors (Lipinski definition) is 3. The van der Waals surface area contributed by atoms with Crippen molar-refractivity contribution < 1.29 is 17.9 Å². The fourth-order valence-electron chi connectivity index (χ4n) is 3.10. The van der Waals surface area contributed by atoms with Gasteiger partial charge in [0.15, 0.2) is 5.96 Å². The first-order valence-electron chi connectivity index (χ1n) is 9.61. The van der Waals surface area contributed by atoms with E-state index in [1.165, 1.54) is 18.2 Å². The van der Waals surface area contributed by atoms with Gasteiger partial charge in [-0.1, -0.05) is 18.2 Å². The summed E-state index contributed by atoms with van der Waals surface area (Å²) in [4.78, 5) is 6.78. The van der Waals surface area contributed by atoms with Gasteiger partial charge in [-0.05, 0) is 31.9 Å². The number of ether oxygens (including phenoxy) is 1. The molecule has 2 N–H and O–H groups in total. The molecular formula is C20H30F3IN4O.